The van der Waals surface area contributed by atoms with Crippen LogP contribution >= 0.6 is 0 Å². The molecular weight excluding hydrogens is 281 g/mol. The number of benzene rings is 1. The molecule has 1 aliphatic heterocycles. The lowest BCUT2D eigenvalue weighted by Gasteiger charge is -2.31. The third-order valence-electron chi connectivity index (χ3n) is 4.57. The van der Waals surface area contributed by atoms with E-state index >= 15 is 0 Å². The van der Waals surface area contributed by atoms with Gasteiger partial charge in [0.1, 0.15) is 12.1 Å². The Morgan fingerprint density at radius 1 is 1.32 bits per heavy atom. The monoisotopic (exact) mass is 299 g/mol. The molecule has 4 rings (SSSR count). The Morgan fingerprint density at radius 3 is 2.95 bits per heavy atom. The van der Waals surface area contributed by atoms with E-state index in [1.54, 1.807) is 18.4 Å². The molecule has 0 amide bonds. The molecule has 0 saturated carbocycles. The van der Waals surface area contributed by atoms with Crippen LogP contribution in [-0.4, -0.2) is 28.0 Å². The van der Waals surface area contributed by atoms with Crippen LogP contribution < -0.4 is 0 Å². The third-order valence-corrected chi connectivity index (χ3v) is 4.57. The molecule has 3 aromatic rings. The Balaban J connectivity index is 1.46. The minimum Gasteiger partial charge on any atom is -0.451 e. The number of nitrogens with zero attached hydrogens (tertiary/aromatic N) is 2. The first-order valence-electron chi connectivity index (χ1n) is 7.65. The van der Waals surface area contributed by atoms with Crippen LogP contribution in [0.2, 0.25) is 0 Å². The summed E-state index contributed by atoms with van der Waals surface area (Å²) in [4.78, 5) is 9.78. The Kier molecular flexibility index (Phi) is 3.42. The van der Waals surface area contributed by atoms with Crippen LogP contribution in [0.1, 0.15) is 30.0 Å². The lowest BCUT2D eigenvalue weighted by Crippen LogP contribution is -2.32. The number of nitrogens with one attached hydrogen (secondary N) is 1. The molecule has 0 unspecified atom stereocenters. The number of fused-ring (bicyclic) bond motifs is 1. The fourth-order valence-electron chi connectivity index (χ4n) is 3.41. The van der Waals surface area contributed by atoms with E-state index in [0.29, 0.717) is 5.92 Å². The van der Waals surface area contributed by atoms with Gasteiger partial charge in [-0.2, -0.15) is 0 Å². The average Bonchev–Trinajstić information content (AvgIpc) is 3.17. The molecule has 4 nitrogen and oxygen atoms in total. The van der Waals surface area contributed by atoms with Crippen LogP contribution in [-0.2, 0) is 6.54 Å². The van der Waals surface area contributed by atoms with E-state index in [9.17, 15) is 4.39 Å². The molecule has 0 spiro atoms. The number of H-pyrrole nitrogens is 1. The van der Waals surface area contributed by atoms with E-state index in [2.05, 4.69) is 14.9 Å². The van der Waals surface area contributed by atoms with Crippen LogP contribution in [0.3, 0.4) is 0 Å². The second kappa shape index (κ2) is 5.57. The Bertz CT molecular complexity index is 757. The summed E-state index contributed by atoms with van der Waals surface area (Å²) in [7, 11) is 0. The largest absolute Gasteiger partial charge is 0.451 e. The standard InChI is InChI=1S/C17H18FN3O/c18-13-1-2-15-16(8-19-17(15)7-13)12-3-5-21(6-4-12)9-14-10-22-11-20-14/h1-2,7-8,10-12,19H,3-6,9H2. The van der Waals surface area contributed by atoms with Crippen molar-refractivity contribution in [3.8, 4) is 0 Å². The highest BCUT2D eigenvalue weighted by Crippen LogP contribution is 2.33. The summed E-state index contributed by atoms with van der Waals surface area (Å²) in [6.07, 6.45) is 7.46. The van der Waals surface area contributed by atoms with Crippen LogP contribution in [0, 0.1) is 5.82 Å². The Hall–Kier alpha value is -2.14. The first-order valence-corrected chi connectivity index (χ1v) is 7.65. The van der Waals surface area contributed by atoms with Gasteiger partial charge in [-0.1, -0.05) is 0 Å². The van der Waals surface area contributed by atoms with E-state index in [1.165, 1.54) is 12.0 Å². The van der Waals surface area contributed by atoms with Gasteiger partial charge < -0.3 is 9.40 Å². The van der Waals surface area contributed by atoms with Gasteiger partial charge >= 0.3 is 0 Å². The van der Waals surface area contributed by atoms with Gasteiger partial charge in [0.05, 0.1) is 5.69 Å². The molecule has 1 saturated heterocycles. The quantitative estimate of drug-likeness (QED) is 0.802. The first kappa shape index (κ1) is 13.5. The van der Waals surface area contributed by atoms with Gasteiger partial charge in [0.15, 0.2) is 6.39 Å². The number of hydrogen-bond donors (Lipinski definition) is 1. The molecule has 5 heteroatoms. The van der Waals surface area contributed by atoms with Gasteiger partial charge in [0.2, 0.25) is 0 Å². The molecule has 1 aromatic carbocycles. The van der Waals surface area contributed by atoms with Gasteiger partial charge in [0, 0.05) is 23.6 Å². The molecule has 2 aromatic heterocycles. The maximum atomic E-state index is 13.3. The van der Waals surface area contributed by atoms with Gasteiger partial charge in [-0.25, -0.2) is 9.37 Å². The summed E-state index contributed by atoms with van der Waals surface area (Å²) in [6, 6.07) is 5.00. The fourth-order valence-corrected chi connectivity index (χ4v) is 3.41. The maximum Gasteiger partial charge on any atom is 0.180 e. The summed E-state index contributed by atoms with van der Waals surface area (Å²) >= 11 is 0. The van der Waals surface area contributed by atoms with Crippen LogP contribution in [0.5, 0.6) is 0 Å². The average molecular weight is 299 g/mol. The lowest BCUT2D eigenvalue weighted by molar-refractivity contribution is 0.203. The van der Waals surface area contributed by atoms with Crippen molar-refractivity contribution in [1.82, 2.24) is 14.9 Å². The van der Waals surface area contributed by atoms with Crippen molar-refractivity contribution in [3.05, 3.63) is 54.1 Å². The molecule has 0 bridgehead atoms. The predicted molar refractivity (Wildman–Crippen MR) is 82.0 cm³/mol. The minimum absolute atomic E-state index is 0.191. The topological polar surface area (TPSA) is 45.1 Å². The second-order valence-electron chi connectivity index (χ2n) is 5.96. The predicted octanol–water partition coefficient (Wildman–Crippen LogP) is 3.67. The smallest absolute Gasteiger partial charge is 0.180 e. The number of aromatic amines is 1. The summed E-state index contributed by atoms with van der Waals surface area (Å²) in [5.74, 6) is 0.344. The summed E-state index contributed by atoms with van der Waals surface area (Å²) in [6.45, 7) is 2.94. The molecule has 3 heterocycles. The number of rotatable bonds is 3. The van der Waals surface area contributed by atoms with E-state index in [4.69, 9.17) is 4.42 Å². The summed E-state index contributed by atoms with van der Waals surface area (Å²) in [5.41, 5.74) is 3.19. The molecule has 114 valence electrons. The second-order valence-corrected chi connectivity index (χ2v) is 5.96. The zero-order chi connectivity index (χ0) is 14.9. The van der Waals surface area contributed by atoms with Crippen LogP contribution in [0.4, 0.5) is 4.39 Å². The normalized spacial score (nSPS) is 17.3. The van der Waals surface area contributed by atoms with Gasteiger partial charge in [-0.3, -0.25) is 4.90 Å². The highest BCUT2D eigenvalue weighted by atomic mass is 19.1. The van der Waals surface area contributed by atoms with E-state index < -0.39 is 0 Å². The van der Waals surface area contributed by atoms with Crippen molar-refractivity contribution in [1.29, 1.82) is 0 Å². The van der Waals surface area contributed by atoms with E-state index in [0.717, 1.165) is 49.1 Å². The van der Waals surface area contributed by atoms with E-state index in [-0.39, 0.29) is 5.82 Å². The summed E-state index contributed by atoms with van der Waals surface area (Å²) < 4.78 is 18.3. The van der Waals surface area contributed by atoms with Crippen molar-refractivity contribution >= 4 is 10.9 Å². The molecule has 1 fully saturated rings. The zero-order valence-electron chi connectivity index (χ0n) is 12.3. The maximum absolute atomic E-state index is 13.3. The third kappa shape index (κ3) is 2.52. The molecular formula is C17H18FN3O. The van der Waals surface area contributed by atoms with Crippen LogP contribution in [0.25, 0.3) is 10.9 Å². The molecule has 22 heavy (non-hydrogen) atoms. The molecule has 0 atom stereocenters. The number of piperidine rings is 1. The fraction of sp³-hybridized carbons (Fsp3) is 0.353. The molecule has 1 N–H and O–H groups in total. The van der Waals surface area contributed by atoms with Crippen molar-refractivity contribution in [3.63, 3.8) is 0 Å². The van der Waals surface area contributed by atoms with E-state index in [1.807, 2.05) is 12.3 Å². The number of halogens is 1. The van der Waals surface area contributed by atoms with Crippen LogP contribution in [0.15, 0.2) is 41.5 Å². The molecule has 0 aliphatic carbocycles. The molecule has 1 aliphatic rings. The van der Waals surface area contributed by atoms with Crippen molar-refractivity contribution in [2.45, 2.75) is 25.3 Å². The van der Waals surface area contributed by atoms with Crippen molar-refractivity contribution < 1.29 is 8.81 Å². The highest BCUT2D eigenvalue weighted by molar-refractivity contribution is 5.83. The number of oxazole rings is 1. The number of likely N-dealkylation sites (tertiary alicyclic amines) is 1. The lowest BCUT2D eigenvalue weighted by atomic mass is 9.89. The minimum atomic E-state index is -0.191. The first-order chi connectivity index (χ1) is 10.8. The van der Waals surface area contributed by atoms with Gasteiger partial charge in [-0.05, 0) is 55.6 Å². The molecule has 0 radical (unpaired) electrons. The Labute approximate surface area is 128 Å². The highest BCUT2D eigenvalue weighted by Gasteiger charge is 2.23. The SMILES string of the molecule is Fc1ccc2c(C3CCN(Cc4cocn4)CC3)c[nH]c2c1. The van der Waals surface area contributed by atoms with Gasteiger partial charge in [0.25, 0.3) is 0 Å². The summed E-state index contributed by atoms with van der Waals surface area (Å²) in [5, 5.41) is 1.15. The van der Waals surface area contributed by atoms with Crippen molar-refractivity contribution in [2.24, 2.45) is 0 Å². The van der Waals surface area contributed by atoms with Crippen molar-refractivity contribution in [2.75, 3.05) is 13.1 Å². The number of aromatic nitrogens is 2. The van der Waals surface area contributed by atoms with Gasteiger partial charge in [-0.15, -0.1) is 0 Å². The zero-order valence-corrected chi connectivity index (χ0v) is 12.3. The Morgan fingerprint density at radius 2 is 2.18 bits per heavy atom. The number of hydrogen-bond acceptors (Lipinski definition) is 3.